The van der Waals surface area contributed by atoms with Gasteiger partial charge in [-0.15, -0.1) is 0 Å². The highest BCUT2D eigenvalue weighted by Gasteiger charge is 2.38. The summed E-state index contributed by atoms with van der Waals surface area (Å²) in [5.74, 6) is -1.23. The summed E-state index contributed by atoms with van der Waals surface area (Å²) in [5.41, 5.74) is 5.98. The molecule has 0 saturated heterocycles. The number of ketones is 1. The third kappa shape index (κ3) is 7.87. The van der Waals surface area contributed by atoms with Crippen LogP contribution < -0.4 is 14.8 Å². The number of fused-ring (bicyclic) bond motifs is 2. The van der Waals surface area contributed by atoms with Crippen molar-refractivity contribution in [3.8, 4) is 28.7 Å². The number of rotatable bonds is 15. The molecule has 7 rings (SSSR count). The summed E-state index contributed by atoms with van der Waals surface area (Å²) in [6, 6.07) is 30.1. The fraction of sp³-hybridized carbons (Fsp3) is 0.255. The predicted octanol–water partition coefficient (Wildman–Crippen LogP) is 8.01. The molecule has 0 amide bonds. The van der Waals surface area contributed by atoms with E-state index in [4.69, 9.17) is 9.47 Å². The van der Waals surface area contributed by atoms with E-state index in [0.29, 0.717) is 24.3 Å². The molecule has 9 nitrogen and oxygen atoms in total. The summed E-state index contributed by atoms with van der Waals surface area (Å²) in [7, 11) is 4.84. The average molecular weight is 753 g/mol. The van der Waals surface area contributed by atoms with Gasteiger partial charge in [0.25, 0.3) is 0 Å². The van der Waals surface area contributed by atoms with E-state index in [2.05, 4.69) is 46.7 Å². The number of nitrogens with one attached hydrogen (secondary N) is 2. The number of carbonyl (C=O) groups is 1. The first-order chi connectivity index (χ1) is 27.2. The number of hydrogen-bond donors (Lipinski definition) is 6. The van der Waals surface area contributed by atoms with E-state index < -0.39 is 17.9 Å². The third-order valence-corrected chi connectivity index (χ3v) is 11.1. The Bertz CT molecular complexity index is 2350. The Morgan fingerprint density at radius 2 is 1.61 bits per heavy atom. The van der Waals surface area contributed by atoms with Crippen molar-refractivity contribution < 1.29 is 34.7 Å². The summed E-state index contributed by atoms with van der Waals surface area (Å²) in [4.78, 5) is 17.8. The van der Waals surface area contributed by atoms with Crippen molar-refractivity contribution in [2.45, 2.75) is 49.7 Å². The van der Waals surface area contributed by atoms with E-state index in [9.17, 15) is 25.2 Å². The number of phenols is 3. The summed E-state index contributed by atoms with van der Waals surface area (Å²) in [6.45, 7) is 0.489. The number of aromatic hydroxyl groups is 3. The van der Waals surface area contributed by atoms with Gasteiger partial charge in [0.1, 0.15) is 11.5 Å². The van der Waals surface area contributed by atoms with Crippen LogP contribution in [0.25, 0.3) is 10.8 Å². The smallest absolute Gasteiger partial charge is 0.164 e. The standard InChI is InChI=1S/C47H48N2O7/c1-48-26-30-19-32(24-33(50)20-30)39(21-28-11-15-41(51)45(23-28)55-2)43(53)25-44(54)40(22-29-17-18-49-27-29)36-12-13-37(46-38(36)14-16-42(52)47(46)56-3)35-10-6-8-31-7-4-5-9-34(31)35/h4-20,23-24,27,36-37,39-40,44,48-52,54H,21-22,25-26H2,1-3H3. The number of H-pyrrole nitrogens is 1. The second-order valence-electron chi connectivity index (χ2n) is 14.6. The highest BCUT2D eigenvalue weighted by Crippen LogP contribution is 2.50. The zero-order valence-electron chi connectivity index (χ0n) is 31.8. The number of ether oxygens (including phenoxy) is 2. The monoisotopic (exact) mass is 752 g/mol. The molecule has 288 valence electrons. The summed E-state index contributed by atoms with van der Waals surface area (Å²) >= 11 is 0. The van der Waals surface area contributed by atoms with Crippen LogP contribution in [0.4, 0.5) is 0 Å². The van der Waals surface area contributed by atoms with Gasteiger partial charge in [0.2, 0.25) is 0 Å². The first-order valence-corrected chi connectivity index (χ1v) is 18.9. The summed E-state index contributed by atoms with van der Waals surface area (Å²) in [5, 5.41) is 49.9. The lowest BCUT2D eigenvalue weighted by Crippen LogP contribution is -2.33. The maximum atomic E-state index is 14.7. The van der Waals surface area contributed by atoms with Crippen molar-refractivity contribution in [3.63, 3.8) is 0 Å². The number of allylic oxidation sites excluding steroid dienone is 2. The number of aliphatic hydroxyl groups is 1. The lowest BCUT2D eigenvalue weighted by atomic mass is 9.69. The van der Waals surface area contributed by atoms with Crippen LogP contribution in [0.5, 0.6) is 28.7 Å². The maximum Gasteiger partial charge on any atom is 0.164 e. The van der Waals surface area contributed by atoms with Gasteiger partial charge in [-0.2, -0.15) is 0 Å². The zero-order chi connectivity index (χ0) is 39.3. The molecule has 0 radical (unpaired) electrons. The van der Waals surface area contributed by atoms with Crippen LogP contribution in [0.1, 0.15) is 63.1 Å². The van der Waals surface area contributed by atoms with Crippen molar-refractivity contribution in [2.24, 2.45) is 5.92 Å². The van der Waals surface area contributed by atoms with Gasteiger partial charge >= 0.3 is 0 Å². The molecular weight excluding hydrogens is 705 g/mol. The molecule has 56 heavy (non-hydrogen) atoms. The molecule has 5 aromatic carbocycles. The number of methoxy groups -OCH3 is 2. The van der Waals surface area contributed by atoms with Gasteiger partial charge < -0.3 is 40.2 Å². The number of carbonyl (C=O) groups excluding carboxylic acids is 1. The van der Waals surface area contributed by atoms with Crippen molar-refractivity contribution in [1.29, 1.82) is 0 Å². The molecule has 0 saturated carbocycles. The molecule has 0 fully saturated rings. The van der Waals surface area contributed by atoms with E-state index in [-0.39, 0.29) is 53.5 Å². The Morgan fingerprint density at radius 1 is 0.804 bits per heavy atom. The van der Waals surface area contributed by atoms with Crippen LogP contribution in [0.3, 0.4) is 0 Å². The molecule has 1 heterocycles. The van der Waals surface area contributed by atoms with Gasteiger partial charge in [0.15, 0.2) is 23.0 Å². The van der Waals surface area contributed by atoms with Gasteiger partial charge in [0, 0.05) is 48.7 Å². The number of aromatic amines is 1. The Balaban J connectivity index is 1.28. The fourth-order valence-corrected chi connectivity index (χ4v) is 8.48. The van der Waals surface area contributed by atoms with Gasteiger partial charge in [-0.05, 0) is 106 Å². The Morgan fingerprint density at radius 3 is 2.38 bits per heavy atom. The van der Waals surface area contributed by atoms with Crippen LogP contribution >= 0.6 is 0 Å². The van der Waals surface area contributed by atoms with Gasteiger partial charge in [-0.3, -0.25) is 4.79 Å². The first kappa shape index (κ1) is 38.3. The molecule has 1 aromatic heterocycles. The first-order valence-electron chi connectivity index (χ1n) is 18.9. The van der Waals surface area contributed by atoms with Crippen LogP contribution in [0.15, 0.2) is 122 Å². The third-order valence-electron chi connectivity index (χ3n) is 11.1. The zero-order valence-corrected chi connectivity index (χ0v) is 31.8. The molecule has 1 aliphatic carbocycles. The van der Waals surface area contributed by atoms with E-state index in [0.717, 1.165) is 44.2 Å². The van der Waals surface area contributed by atoms with E-state index in [1.807, 2.05) is 55.8 Å². The van der Waals surface area contributed by atoms with E-state index in [1.165, 1.54) is 13.2 Å². The summed E-state index contributed by atoms with van der Waals surface area (Å²) in [6.07, 6.45) is 7.49. The lowest BCUT2D eigenvalue weighted by Gasteiger charge is -2.36. The second kappa shape index (κ2) is 16.8. The number of phenolic OH excluding ortho intramolecular Hbond substituents is 3. The highest BCUT2D eigenvalue weighted by molar-refractivity contribution is 5.88. The van der Waals surface area contributed by atoms with E-state index >= 15 is 0 Å². The molecule has 6 N–H and O–H groups in total. The topological polar surface area (TPSA) is 144 Å². The van der Waals surface area contributed by atoms with E-state index in [1.54, 1.807) is 37.4 Å². The summed E-state index contributed by atoms with van der Waals surface area (Å²) < 4.78 is 11.3. The second-order valence-corrected chi connectivity index (χ2v) is 14.6. The quantitative estimate of drug-likeness (QED) is 0.0579. The molecule has 5 atom stereocenters. The van der Waals surface area contributed by atoms with Crippen molar-refractivity contribution >= 4 is 16.6 Å². The van der Waals surface area contributed by atoms with Crippen molar-refractivity contribution in [2.75, 3.05) is 21.3 Å². The number of aliphatic hydroxyl groups excluding tert-OH is 1. The predicted molar refractivity (Wildman–Crippen MR) is 218 cm³/mol. The van der Waals surface area contributed by atoms with Crippen molar-refractivity contribution in [3.05, 3.63) is 161 Å². The Kier molecular flexibility index (Phi) is 11.5. The van der Waals surface area contributed by atoms with Crippen LogP contribution in [-0.2, 0) is 24.2 Å². The average Bonchev–Trinajstić information content (AvgIpc) is 3.72. The molecule has 6 aromatic rings. The largest absolute Gasteiger partial charge is 0.508 e. The van der Waals surface area contributed by atoms with Crippen LogP contribution in [0.2, 0.25) is 0 Å². The maximum absolute atomic E-state index is 14.7. The minimum Gasteiger partial charge on any atom is -0.508 e. The van der Waals surface area contributed by atoms with Gasteiger partial charge in [-0.25, -0.2) is 0 Å². The number of benzene rings is 5. The van der Waals surface area contributed by atoms with Crippen molar-refractivity contribution in [1.82, 2.24) is 10.3 Å². The normalized spacial score (nSPS) is 16.6. The number of Topliss-reactive ketones (excluding diaryl/α,β-unsaturated/α-hetero) is 1. The van der Waals surface area contributed by atoms with Crippen LogP contribution in [0, 0.1) is 5.92 Å². The molecule has 0 aliphatic heterocycles. The molecule has 5 unspecified atom stereocenters. The number of aromatic nitrogens is 1. The van der Waals surface area contributed by atoms with Gasteiger partial charge in [-0.1, -0.05) is 72.8 Å². The van der Waals surface area contributed by atoms with Crippen LogP contribution in [-0.4, -0.2) is 58.6 Å². The SMILES string of the molecule is CNCc1cc(O)cc(C(Cc2ccc(O)c(OC)c2)C(=O)CC(O)C(Cc2cc[nH]c2)C2C=CC(c3cccc4ccccc34)c3c2ccc(O)c3OC)c1. The highest BCUT2D eigenvalue weighted by atomic mass is 16.5. The molecule has 0 spiro atoms. The Labute approximate surface area is 326 Å². The molecule has 9 heteroatoms. The Hall–Kier alpha value is -6.03. The molecular formula is C47H48N2O7. The lowest BCUT2D eigenvalue weighted by molar-refractivity contribution is -0.123. The minimum atomic E-state index is -1.08. The molecule has 1 aliphatic rings. The molecule has 0 bridgehead atoms. The van der Waals surface area contributed by atoms with Gasteiger partial charge in [0.05, 0.1) is 20.3 Å². The minimum absolute atomic E-state index is 0.00994. The number of hydrogen-bond acceptors (Lipinski definition) is 8. The fourth-order valence-electron chi connectivity index (χ4n) is 8.48.